The molecule has 0 saturated heterocycles. The predicted octanol–water partition coefficient (Wildman–Crippen LogP) is 7.41. The van der Waals surface area contributed by atoms with E-state index in [1.54, 1.807) is 0 Å². The number of rotatable bonds is 4. The lowest BCUT2D eigenvalue weighted by Crippen LogP contribution is -2.49. The normalized spacial score (nSPS) is 46.8. The predicted molar refractivity (Wildman–Crippen MR) is 124 cm³/mol. The monoisotopic (exact) mass is 398 g/mol. The van der Waals surface area contributed by atoms with Gasteiger partial charge in [-0.05, 0) is 104 Å². The molecule has 1 heteroatoms. The molecule has 1 nitrogen and oxygen atoms in total. The third-order valence-corrected chi connectivity index (χ3v) is 10.5. The average molecular weight is 399 g/mol. The summed E-state index contributed by atoms with van der Waals surface area (Å²) in [6.45, 7) is 14.7. The van der Waals surface area contributed by atoms with Crippen molar-refractivity contribution in [3.63, 3.8) is 0 Å². The Kier molecular flexibility index (Phi) is 5.86. The molecule has 4 aliphatic rings. The molecule has 0 aliphatic heterocycles. The van der Waals surface area contributed by atoms with E-state index in [0.717, 1.165) is 36.5 Å². The van der Waals surface area contributed by atoms with E-state index in [2.05, 4.69) is 59.8 Å². The minimum absolute atomic E-state index is 0.0476. The third-order valence-electron chi connectivity index (χ3n) is 10.5. The molecule has 4 rings (SSSR count). The van der Waals surface area contributed by atoms with Crippen molar-refractivity contribution >= 4 is 0 Å². The van der Waals surface area contributed by atoms with Gasteiger partial charge in [0.2, 0.25) is 0 Å². The van der Waals surface area contributed by atoms with E-state index in [1.807, 2.05) is 5.57 Å². The van der Waals surface area contributed by atoms with Crippen molar-refractivity contribution in [2.24, 2.45) is 52.3 Å². The molecular formula is C28H46O. The second kappa shape index (κ2) is 7.85. The highest BCUT2D eigenvalue weighted by molar-refractivity contribution is 5.28. The standard InChI is InChI=1S/C28H46O/c1-18(2)19(3)7-8-20(4)24-11-12-25-23-10-9-21-17-22(29)13-15-27(21,5)26(23)14-16-28(24,25)6/h7-8,10,18-22,24-26,29H,9,11-17H2,1-6H3/t19-,20+,21-,22-,24+,25-,26-,27-,28+/m0/s1. The van der Waals surface area contributed by atoms with Crippen LogP contribution >= 0.6 is 0 Å². The zero-order valence-electron chi connectivity index (χ0n) is 20.0. The maximum absolute atomic E-state index is 10.2. The molecule has 29 heavy (non-hydrogen) atoms. The lowest BCUT2D eigenvalue weighted by atomic mass is 9.47. The van der Waals surface area contributed by atoms with Crippen LogP contribution in [0, 0.1) is 52.3 Å². The summed E-state index contributed by atoms with van der Waals surface area (Å²) in [6.07, 6.45) is 17.8. The van der Waals surface area contributed by atoms with Gasteiger partial charge >= 0.3 is 0 Å². The van der Waals surface area contributed by atoms with Gasteiger partial charge < -0.3 is 5.11 Å². The molecule has 9 atom stereocenters. The molecule has 0 aromatic heterocycles. The number of aliphatic hydroxyl groups excluding tert-OH is 1. The maximum atomic E-state index is 10.2. The Hall–Kier alpha value is -0.560. The minimum Gasteiger partial charge on any atom is -0.393 e. The van der Waals surface area contributed by atoms with E-state index in [1.165, 1.54) is 38.5 Å². The average Bonchev–Trinajstić information content (AvgIpc) is 3.03. The van der Waals surface area contributed by atoms with Gasteiger partial charge in [0.1, 0.15) is 0 Å². The van der Waals surface area contributed by atoms with E-state index >= 15 is 0 Å². The van der Waals surface area contributed by atoms with E-state index < -0.39 is 0 Å². The van der Waals surface area contributed by atoms with Gasteiger partial charge in [0.25, 0.3) is 0 Å². The Balaban J connectivity index is 1.54. The fourth-order valence-corrected chi connectivity index (χ4v) is 8.10. The lowest BCUT2D eigenvalue weighted by molar-refractivity contribution is -0.0414. The van der Waals surface area contributed by atoms with Crippen molar-refractivity contribution in [1.29, 1.82) is 0 Å². The lowest BCUT2D eigenvalue weighted by Gasteiger charge is -2.57. The van der Waals surface area contributed by atoms with Crippen LogP contribution in [-0.2, 0) is 0 Å². The third kappa shape index (κ3) is 3.58. The highest BCUT2D eigenvalue weighted by Gasteiger charge is 2.57. The van der Waals surface area contributed by atoms with Gasteiger partial charge in [-0.3, -0.25) is 0 Å². The summed E-state index contributed by atoms with van der Waals surface area (Å²) in [6, 6.07) is 0. The quantitative estimate of drug-likeness (QED) is 0.489. The van der Waals surface area contributed by atoms with Crippen molar-refractivity contribution in [2.75, 3.05) is 0 Å². The first kappa shape index (κ1) is 21.7. The first-order chi connectivity index (χ1) is 13.7. The van der Waals surface area contributed by atoms with Gasteiger partial charge in [-0.15, -0.1) is 0 Å². The molecule has 0 bridgehead atoms. The zero-order chi connectivity index (χ0) is 21.0. The van der Waals surface area contributed by atoms with Crippen LogP contribution in [0.15, 0.2) is 23.8 Å². The molecular weight excluding hydrogens is 352 g/mol. The van der Waals surface area contributed by atoms with Crippen LogP contribution in [0.5, 0.6) is 0 Å². The number of hydrogen-bond donors (Lipinski definition) is 1. The van der Waals surface area contributed by atoms with Gasteiger partial charge in [0, 0.05) is 0 Å². The first-order valence-electron chi connectivity index (χ1n) is 12.7. The highest BCUT2D eigenvalue weighted by atomic mass is 16.3. The molecule has 0 aromatic carbocycles. The summed E-state index contributed by atoms with van der Waals surface area (Å²) in [4.78, 5) is 0. The Morgan fingerprint density at radius 1 is 0.931 bits per heavy atom. The van der Waals surface area contributed by atoms with Crippen LogP contribution < -0.4 is 0 Å². The highest BCUT2D eigenvalue weighted by Crippen LogP contribution is 2.66. The van der Waals surface area contributed by atoms with E-state index in [-0.39, 0.29) is 6.10 Å². The second-order valence-electron chi connectivity index (χ2n) is 12.3. The van der Waals surface area contributed by atoms with Crippen LogP contribution in [0.4, 0.5) is 0 Å². The number of fused-ring (bicyclic) bond motifs is 5. The molecule has 0 spiro atoms. The number of aliphatic hydroxyl groups is 1. The van der Waals surface area contributed by atoms with E-state index in [4.69, 9.17) is 0 Å². The summed E-state index contributed by atoms with van der Waals surface area (Å²) >= 11 is 0. The molecule has 0 unspecified atom stereocenters. The van der Waals surface area contributed by atoms with Gasteiger partial charge in [-0.25, -0.2) is 0 Å². The van der Waals surface area contributed by atoms with Crippen molar-refractivity contribution < 1.29 is 5.11 Å². The summed E-state index contributed by atoms with van der Waals surface area (Å²) in [7, 11) is 0. The van der Waals surface area contributed by atoms with Crippen LogP contribution in [0.2, 0.25) is 0 Å². The topological polar surface area (TPSA) is 20.2 Å². The minimum atomic E-state index is -0.0476. The Labute approximate surface area is 180 Å². The number of allylic oxidation sites excluding steroid dienone is 4. The fourth-order valence-electron chi connectivity index (χ4n) is 8.10. The van der Waals surface area contributed by atoms with Crippen LogP contribution in [0.1, 0.15) is 92.9 Å². The van der Waals surface area contributed by atoms with Crippen LogP contribution in [0.3, 0.4) is 0 Å². The molecule has 3 fully saturated rings. The van der Waals surface area contributed by atoms with Crippen LogP contribution in [-0.4, -0.2) is 11.2 Å². The summed E-state index contributed by atoms with van der Waals surface area (Å²) in [5.74, 6) is 5.25. The molecule has 3 saturated carbocycles. The molecule has 0 aromatic rings. The van der Waals surface area contributed by atoms with Gasteiger partial charge in [0.05, 0.1) is 6.10 Å². The molecule has 0 amide bonds. The summed E-state index contributed by atoms with van der Waals surface area (Å²) in [5.41, 5.74) is 2.79. The molecule has 4 aliphatic carbocycles. The van der Waals surface area contributed by atoms with Crippen molar-refractivity contribution in [3.8, 4) is 0 Å². The van der Waals surface area contributed by atoms with Crippen molar-refractivity contribution in [1.82, 2.24) is 0 Å². The Bertz CT molecular complexity index is 659. The summed E-state index contributed by atoms with van der Waals surface area (Å²) < 4.78 is 0. The Morgan fingerprint density at radius 3 is 2.34 bits per heavy atom. The smallest absolute Gasteiger partial charge is 0.0543 e. The maximum Gasteiger partial charge on any atom is 0.0543 e. The first-order valence-corrected chi connectivity index (χ1v) is 12.7. The molecule has 0 heterocycles. The molecule has 1 N–H and O–H groups in total. The van der Waals surface area contributed by atoms with Gasteiger partial charge in [-0.2, -0.15) is 0 Å². The van der Waals surface area contributed by atoms with Crippen molar-refractivity contribution in [2.45, 2.75) is 99.0 Å². The SMILES string of the molecule is CC(C)[C@@H](C)C=C[C@@H](C)[C@H]1CC[C@H]2C3=CC[C@H]4C[C@@H](O)CC[C@]4(C)[C@H]3CC[C@]12C. The fraction of sp³-hybridized carbons (Fsp3) is 0.857. The van der Waals surface area contributed by atoms with E-state index in [0.29, 0.717) is 28.6 Å². The number of hydrogen-bond acceptors (Lipinski definition) is 1. The summed E-state index contributed by atoms with van der Waals surface area (Å²) in [5, 5.41) is 10.2. The Morgan fingerprint density at radius 2 is 1.62 bits per heavy atom. The molecule has 164 valence electrons. The van der Waals surface area contributed by atoms with Gasteiger partial charge in [-0.1, -0.05) is 65.3 Å². The molecule has 0 radical (unpaired) electrons. The zero-order valence-corrected chi connectivity index (χ0v) is 20.0. The second-order valence-corrected chi connectivity index (χ2v) is 12.3. The van der Waals surface area contributed by atoms with Gasteiger partial charge in [0.15, 0.2) is 0 Å². The van der Waals surface area contributed by atoms with Crippen LogP contribution in [0.25, 0.3) is 0 Å². The van der Waals surface area contributed by atoms with E-state index in [9.17, 15) is 5.11 Å². The largest absolute Gasteiger partial charge is 0.393 e. The van der Waals surface area contributed by atoms with Crippen molar-refractivity contribution in [3.05, 3.63) is 23.8 Å².